The Morgan fingerprint density at radius 3 is 2.54 bits per heavy atom. The van der Waals surface area contributed by atoms with Gasteiger partial charge in [0.15, 0.2) is 0 Å². The minimum Gasteiger partial charge on any atom is -0.449 e. The second kappa shape index (κ2) is 7.22. The predicted molar refractivity (Wildman–Crippen MR) is 104 cm³/mol. The lowest BCUT2D eigenvalue weighted by atomic mass is 10.1. The average molecular weight is 349 g/mol. The van der Waals surface area contributed by atoms with E-state index in [0.717, 1.165) is 48.4 Å². The van der Waals surface area contributed by atoms with E-state index in [1.165, 1.54) is 0 Å². The highest BCUT2D eigenvalue weighted by Crippen LogP contribution is 2.35. The number of fused-ring (bicyclic) bond motifs is 1. The van der Waals surface area contributed by atoms with Gasteiger partial charge in [0, 0.05) is 45.2 Å². The molecule has 3 aromatic rings. The van der Waals surface area contributed by atoms with E-state index in [-0.39, 0.29) is 5.91 Å². The first-order valence-electron chi connectivity index (χ1n) is 9.00. The van der Waals surface area contributed by atoms with Gasteiger partial charge < -0.3 is 19.5 Å². The summed E-state index contributed by atoms with van der Waals surface area (Å²) in [4.78, 5) is 17.1. The molecular weight excluding hydrogens is 326 g/mol. The van der Waals surface area contributed by atoms with E-state index < -0.39 is 0 Å². The average Bonchev–Trinajstić information content (AvgIpc) is 3.08. The Morgan fingerprint density at radius 1 is 1.08 bits per heavy atom. The van der Waals surface area contributed by atoms with E-state index in [9.17, 15) is 4.79 Å². The van der Waals surface area contributed by atoms with E-state index in [1.54, 1.807) is 4.90 Å². The zero-order valence-corrected chi connectivity index (χ0v) is 14.9. The minimum atomic E-state index is -0.0846. The van der Waals surface area contributed by atoms with Crippen LogP contribution in [-0.2, 0) is 6.54 Å². The van der Waals surface area contributed by atoms with Crippen molar-refractivity contribution in [2.24, 2.45) is 0 Å². The zero-order chi connectivity index (χ0) is 17.9. The largest absolute Gasteiger partial charge is 0.449 e. The summed E-state index contributed by atoms with van der Waals surface area (Å²) in [6.45, 7) is 4.11. The first-order valence-corrected chi connectivity index (χ1v) is 9.00. The van der Waals surface area contributed by atoms with Crippen LogP contribution < -0.4 is 10.2 Å². The van der Waals surface area contributed by atoms with Crippen molar-refractivity contribution in [2.75, 3.05) is 38.1 Å². The third kappa shape index (κ3) is 3.18. The summed E-state index contributed by atoms with van der Waals surface area (Å²) in [5.74, 6) is 0.352. The molecule has 1 N–H and O–H groups in total. The lowest BCUT2D eigenvalue weighted by Crippen LogP contribution is -2.44. The Hall–Kier alpha value is -2.79. The van der Waals surface area contributed by atoms with Gasteiger partial charge in [-0.25, -0.2) is 0 Å². The number of amides is 1. The molecule has 1 aliphatic heterocycles. The molecule has 4 rings (SSSR count). The molecule has 1 fully saturated rings. The molecule has 1 saturated heterocycles. The van der Waals surface area contributed by atoms with Gasteiger partial charge in [-0.15, -0.1) is 0 Å². The second-order valence-corrected chi connectivity index (χ2v) is 6.66. The molecule has 0 radical (unpaired) electrons. The summed E-state index contributed by atoms with van der Waals surface area (Å²) in [6, 6.07) is 17.9. The van der Waals surface area contributed by atoms with Crippen molar-refractivity contribution in [1.29, 1.82) is 0 Å². The Labute approximate surface area is 153 Å². The second-order valence-electron chi connectivity index (χ2n) is 6.66. The number of nitrogens with one attached hydrogen (secondary N) is 1. The summed E-state index contributed by atoms with van der Waals surface area (Å²) in [6.07, 6.45) is 0. The van der Waals surface area contributed by atoms with Crippen LogP contribution >= 0.6 is 0 Å². The molecule has 0 atom stereocenters. The number of nitrogens with zero attached hydrogens (tertiary/aromatic N) is 2. The van der Waals surface area contributed by atoms with Gasteiger partial charge in [0.05, 0.1) is 5.69 Å². The lowest BCUT2D eigenvalue weighted by molar-refractivity contribution is 0.0756. The van der Waals surface area contributed by atoms with Crippen molar-refractivity contribution in [2.45, 2.75) is 6.54 Å². The Bertz CT molecular complexity index is 898. The molecule has 2 heterocycles. The van der Waals surface area contributed by atoms with Crippen LogP contribution in [0.3, 0.4) is 0 Å². The number of piperazine rings is 1. The highest BCUT2D eigenvalue weighted by Gasteiger charge is 2.27. The molecule has 5 nitrogen and oxygen atoms in total. The Balaban J connectivity index is 1.69. The molecule has 1 aliphatic rings. The number of carbonyl (C=O) groups is 1. The number of hydrogen-bond acceptors (Lipinski definition) is 4. The monoisotopic (exact) mass is 349 g/mol. The van der Waals surface area contributed by atoms with Gasteiger partial charge in [0.1, 0.15) is 5.58 Å². The maximum Gasteiger partial charge on any atom is 0.291 e. The van der Waals surface area contributed by atoms with Crippen LogP contribution in [0.25, 0.3) is 11.0 Å². The molecular formula is C21H23N3O2. The van der Waals surface area contributed by atoms with Crippen molar-refractivity contribution in [3.05, 3.63) is 65.9 Å². The third-order valence-corrected chi connectivity index (χ3v) is 4.81. The summed E-state index contributed by atoms with van der Waals surface area (Å²) in [7, 11) is 1.82. The van der Waals surface area contributed by atoms with Crippen LogP contribution in [0, 0.1) is 0 Å². The van der Waals surface area contributed by atoms with Crippen molar-refractivity contribution in [3.63, 3.8) is 0 Å². The molecule has 0 spiro atoms. The van der Waals surface area contributed by atoms with Gasteiger partial charge in [0.2, 0.25) is 5.76 Å². The summed E-state index contributed by atoms with van der Waals surface area (Å²) >= 11 is 0. The zero-order valence-electron chi connectivity index (χ0n) is 14.9. The molecule has 5 heteroatoms. The smallest absolute Gasteiger partial charge is 0.291 e. The molecule has 2 aromatic carbocycles. The molecule has 0 saturated carbocycles. The quantitative estimate of drug-likeness (QED) is 0.786. The maximum absolute atomic E-state index is 13.2. The minimum absolute atomic E-state index is 0.0846. The fraction of sp³-hybridized carbons (Fsp3) is 0.286. The first-order chi connectivity index (χ1) is 12.7. The number of carbonyl (C=O) groups excluding carboxylic acids is 1. The topological polar surface area (TPSA) is 48.7 Å². The highest BCUT2D eigenvalue weighted by molar-refractivity contribution is 6.06. The van der Waals surface area contributed by atoms with E-state index in [0.29, 0.717) is 12.3 Å². The van der Waals surface area contributed by atoms with Gasteiger partial charge in [-0.2, -0.15) is 0 Å². The van der Waals surface area contributed by atoms with Crippen molar-refractivity contribution < 1.29 is 9.21 Å². The molecule has 1 aromatic heterocycles. The molecule has 0 aliphatic carbocycles. The lowest BCUT2D eigenvalue weighted by Gasteiger charge is -2.29. The third-order valence-electron chi connectivity index (χ3n) is 4.81. The van der Waals surface area contributed by atoms with Gasteiger partial charge in [0.25, 0.3) is 5.91 Å². The van der Waals surface area contributed by atoms with Crippen LogP contribution in [0.5, 0.6) is 0 Å². The summed E-state index contributed by atoms with van der Waals surface area (Å²) in [5.41, 5.74) is 2.78. The van der Waals surface area contributed by atoms with E-state index in [1.807, 2.05) is 61.6 Å². The first kappa shape index (κ1) is 16.7. The number of para-hydroxylation sites is 1. The van der Waals surface area contributed by atoms with Gasteiger partial charge in [-0.1, -0.05) is 42.5 Å². The number of anilines is 1. The number of hydrogen-bond donors (Lipinski definition) is 1. The highest BCUT2D eigenvalue weighted by atomic mass is 16.3. The van der Waals surface area contributed by atoms with Crippen LogP contribution in [-0.4, -0.2) is 44.0 Å². The summed E-state index contributed by atoms with van der Waals surface area (Å²) in [5, 5.41) is 4.37. The van der Waals surface area contributed by atoms with Gasteiger partial charge in [-0.05, 0) is 17.7 Å². The number of rotatable bonds is 4. The molecule has 26 heavy (non-hydrogen) atoms. The molecule has 0 bridgehead atoms. The standard InChI is InChI=1S/C21H23N3O2/c1-23(15-16-7-3-2-4-8-16)21(25)20-19(24-13-11-22-12-14-24)17-9-5-6-10-18(17)26-20/h2-10,22H,11-15H2,1H3. The number of benzene rings is 2. The number of furan rings is 1. The van der Waals surface area contributed by atoms with Crippen molar-refractivity contribution >= 4 is 22.6 Å². The van der Waals surface area contributed by atoms with E-state index in [2.05, 4.69) is 10.2 Å². The predicted octanol–water partition coefficient (Wildman–Crippen LogP) is 3.11. The maximum atomic E-state index is 13.2. The van der Waals surface area contributed by atoms with Gasteiger partial charge in [-0.3, -0.25) is 4.79 Å². The van der Waals surface area contributed by atoms with Crippen LogP contribution in [0.2, 0.25) is 0 Å². The van der Waals surface area contributed by atoms with Crippen molar-refractivity contribution in [3.8, 4) is 0 Å². The normalized spacial score (nSPS) is 14.6. The molecule has 134 valence electrons. The van der Waals surface area contributed by atoms with Crippen LogP contribution in [0.1, 0.15) is 16.1 Å². The van der Waals surface area contributed by atoms with Gasteiger partial charge >= 0.3 is 0 Å². The van der Waals surface area contributed by atoms with Crippen LogP contribution in [0.4, 0.5) is 5.69 Å². The van der Waals surface area contributed by atoms with Crippen LogP contribution in [0.15, 0.2) is 59.0 Å². The Kier molecular flexibility index (Phi) is 4.63. The molecule has 1 amide bonds. The van der Waals surface area contributed by atoms with Crippen molar-refractivity contribution in [1.82, 2.24) is 10.2 Å². The Morgan fingerprint density at radius 2 is 1.77 bits per heavy atom. The van der Waals surface area contributed by atoms with E-state index >= 15 is 0 Å². The SMILES string of the molecule is CN(Cc1ccccc1)C(=O)c1oc2ccccc2c1N1CCNCC1. The summed E-state index contributed by atoms with van der Waals surface area (Å²) < 4.78 is 6.02. The fourth-order valence-corrected chi connectivity index (χ4v) is 3.48. The molecule has 0 unspecified atom stereocenters. The van der Waals surface area contributed by atoms with E-state index in [4.69, 9.17) is 4.42 Å². The fourth-order valence-electron chi connectivity index (χ4n) is 3.48.